The molecule has 0 saturated carbocycles. The predicted molar refractivity (Wildman–Crippen MR) is 90.8 cm³/mol. The molecular weight excluding hydrogens is 345 g/mol. The Hall–Kier alpha value is -1.60. The highest BCUT2D eigenvalue weighted by Crippen LogP contribution is 2.39. The number of carbonyl (C=O) groups is 1. The van der Waals surface area contributed by atoms with Gasteiger partial charge in [0.1, 0.15) is 0 Å². The molecule has 1 N–H and O–H groups in total. The van der Waals surface area contributed by atoms with E-state index >= 15 is 0 Å². The van der Waals surface area contributed by atoms with Gasteiger partial charge in [0.15, 0.2) is 17.5 Å². The molecule has 3 rings (SSSR count). The number of nitrogens with zero attached hydrogens (tertiary/aromatic N) is 2. The lowest BCUT2D eigenvalue weighted by molar-refractivity contribution is -0.139. The Kier molecular flexibility index (Phi) is 5.87. The number of hydrogen-bond acceptors (Lipinski definition) is 3. The number of likely N-dealkylation sites (tertiary alicyclic amines) is 2. The number of benzene rings is 1. The van der Waals surface area contributed by atoms with Crippen LogP contribution in [0.25, 0.3) is 0 Å². The van der Waals surface area contributed by atoms with Crippen LogP contribution < -0.4 is 0 Å². The van der Waals surface area contributed by atoms with Gasteiger partial charge >= 0.3 is 0 Å². The van der Waals surface area contributed by atoms with Gasteiger partial charge in [0.05, 0.1) is 0 Å². The predicted octanol–water partition coefficient (Wildman–Crippen LogP) is 2.69. The Morgan fingerprint density at radius 3 is 2.69 bits per heavy atom. The summed E-state index contributed by atoms with van der Waals surface area (Å²) in [5, 5.41) is 9.02. The smallest absolute Gasteiger partial charge is 0.222 e. The minimum Gasteiger partial charge on any atom is -0.396 e. The van der Waals surface area contributed by atoms with Gasteiger partial charge < -0.3 is 10.0 Å². The number of carbonyl (C=O) groups excluding carboxylic acids is 1. The van der Waals surface area contributed by atoms with Gasteiger partial charge in [-0.1, -0.05) is 6.07 Å². The zero-order chi connectivity index (χ0) is 18.7. The topological polar surface area (TPSA) is 43.8 Å². The summed E-state index contributed by atoms with van der Waals surface area (Å²) in [5.41, 5.74) is 0.112. The molecule has 0 bridgehead atoms. The minimum atomic E-state index is -1.42. The van der Waals surface area contributed by atoms with Gasteiger partial charge in [-0.25, -0.2) is 13.2 Å². The summed E-state index contributed by atoms with van der Waals surface area (Å²) in [7, 11) is 0. The van der Waals surface area contributed by atoms with Crippen LogP contribution in [0.4, 0.5) is 13.2 Å². The summed E-state index contributed by atoms with van der Waals surface area (Å²) in [6, 6.07) is 2.26. The summed E-state index contributed by atoms with van der Waals surface area (Å²) in [6.45, 7) is 2.95. The van der Waals surface area contributed by atoms with Gasteiger partial charge in [-0.3, -0.25) is 9.69 Å². The minimum absolute atomic E-state index is 0.0450. The summed E-state index contributed by atoms with van der Waals surface area (Å²) < 4.78 is 40.6. The van der Waals surface area contributed by atoms with Gasteiger partial charge in [0, 0.05) is 50.2 Å². The number of halogens is 3. The number of rotatable bonds is 5. The van der Waals surface area contributed by atoms with E-state index in [1.54, 1.807) is 0 Å². The fraction of sp³-hybridized carbons (Fsp3) is 0.632. The highest BCUT2D eigenvalue weighted by Gasteiger charge is 2.41. The molecule has 2 aliphatic heterocycles. The fourth-order valence-corrected chi connectivity index (χ4v) is 4.27. The largest absolute Gasteiger partial charge is 0.396 e. The molecule has 2 aliphatic rings. The van der Waals surface area contributed by atoms with E-state index in [-0.39, 0.29) is 30.0 Å². The first-order valence-electron chi connectivity index (χ1n) is 9.17. The van der Waals surface area contributed by atoms with E-state index in [0.717, 1.165) is 31.9 Å². The molecule has 0 radical (unpaired) electrons. The van der Waals surface area contributed by atoms with E-state index in [1.807, 2.05) is 4.90 Å². The van der Waals surface area contributed by atoms with Crippen LogP contribution in [-0.4, -0.2) is 53.6 Å². The standard InChI is InChI=1S/C19H25F3N2O2/c20-15-4-3-14(17(21)18(15)22)11-23-8-1-6-19(12-23)7-5-16(26)24(13-19)9-2-10-25/h3-4,25H,1-2,5-13H2. The third kappa shape index (κ3) is 4.04. The molecular formula is C19H25F3N2O2. The molecule has 2 saturated heterocycles. The van der Waals surface area contributed by atoms with Gasteiger partial charge in [-0.15, -0.1) is 0 Å². The molecule has 2 fully saturated rings. The SMILES string of the molecule is O=C1CCC2(CCCN(Cc3ccc(F)c(F)c3F)C2)CN1CCCO. The lowest BCUT2D eigenvalue weighted by Gasteiger charge is -2.48. The summed E-state index contributed by atoms with van der Waals surface area (Å²) in [4.78, 5) is 16.0. The van der Waals surface area contributed by atoms with Crippen molar-refractivity contribution < 1.29 is 23.1 Å². The Bertz CT molecular complexity index is 670. The van der Waals surface area contributed by atoms with Crippen molar-refractivity contribution in [2.45, 2.75) is 38.6 Å². The molecule has 144 valence electrons. The molecule has 1 atom stereocenters. The second-order valence-electron chi connectivity index (χ2n) is 7.54. The van der Waals surface area contributed by atoms with Crippen molar-refractivity contribution in [1.82, 2.24) is 9.80 Å². The van der Waals surface area contributed by atoms with Crippen LogP contribution in [0.5, 0.6) is 0 Å². The third-order valence-corrected chi connectivity index (χ3v) is 5.58. The van der Waals surface area contributed by atoms with Gasteiger partial charge in [-0.05, 0) is 38.3 Å². The summed E-state index contributed by atoms with van der Waals surface area (Å²) >= 11 is 0. The maximum atomic E-state index is 14.0. The van der Waals surface area contributed by atoms with Crippen molar-refractivity contribution >= 4 is 5.91 Å². The molecule has 1 aromatic carbocycles. The molecule has 1 aromatic rings. The van der Waals surface area contributed by atoms with E-state index in [4.69, 9.17) is 5.11 Å². The average molecular weight is 370 g/mol. The van der Waals surface area contributed by atoms with Gasteiger partial charge in [0.25, 0.3) is 0 Å². The fourth-order valence-electron chi connectivity index (χ4n) is 4.27. The number of piperidine rings is 2. The lowest BCUT2D eigenvalue weighted by atomic mass is 9.73. The van der Waals surface area contributed by atoms with Crippen LogP contribution >= 0.6 is 0 Å². The molecule has 1 spiro atoms. The van der Waals surface area contributed by atoms with Crippen molar-refractivity contribution in [2.24, 2.45) is 5.41 Å². The molecule has 2 heterocycles. The Morgan fingerprint density at radius 2 is 1.92 bits per heavy atom. The molecule has 26 heavy (non-hydrogen) atoms. The van der Waals surface area contributed by atoms with Crippen LogP contribution in [0, 0.1) is 22.9 Å². The molecule has 0 aliphatic carbocycles. The van der Waals surface area contributed by atoms with Crippen LogP contribution in [-0.2, 0) is 11.3 Å². The van der Waals surface area contributed by atoms with E-state index in [1.165, 1.54) is 6.07 Å². The van der Waals surface area contributed by atoms with E-state index in [2.05, 4.69) is 4.90 Å². The van der Waals surface area contributed by atoms with E-state index in [9.17, 15) is 18.0 Å². The monoisotopic (exact) mass is 370 g/mol. The summed E-state index contributed by atoms with van der Waals surface area (Å²) in [6.07, 6.45) is 3.75. The molecule has 0 aromatic heterocycles. The second kappa shape index (κ2) is 7.96. The first kappa shape index (κ1) is 19.2. The summed E-state index contributed by atoms with van der Waals surface area (Å²) in [5.74, 6) is -3.60. The normalized spacial score (nSPS) is 24.5. The number of amides is 1. The number of hydrogen-bond donors (Lipinski definition) is 1. The van der Waals surface area contributed by atoms with Crippen LogP contribution in [0.1, 0.15) is 37.7 Å². The number of aliphatic hydroxyl groups excluding tert-OH is 1. The molecule has 4 nitrogen and oxygen atoms in total. The maximum Gasteiger partial charge on any atom is 0.222 e. The van der Waals surface area contributed by atoms with E-state index < -0.39 is 17.5 Å². The highest BCUT2D eigenvalue weighted by molar-refractivity contribution is 5.77. The lowest BCUT2D eigenvalue weighted by Crippen LogP contribution is -2.54. The van der Waals surface area contributed by atoms with Crippen molar-refractivity contribution in [3.8, 4) is 0 Å². The van der Waals surface area contributed by atoms with Crippen molar-refractivity contribution in [3.05, 3.63) is 35.1 Å². The molecule has 1 amide bonds. The van der Waals surface area contributed by atoms with Crippen molar-refractivity contribution in [2.75, 3.05) is 32.8 Å². The Balaban J connectivity index is 1.69. The van der Waals surface area contributed by atoms with Crippen LogP contribution in [0.3, 0.4) is 0 Å². The van der Waals surface area contributed by atoms with Gasteiger partial charge in [-0.2, -0.15) is 0 Å². The second-order valence-corrected chi connectivity index (χ2v) is 7.54. The molecule has 1 unspecified atom stereocenters. The van der Waals surface area contributed by atoms with Gasteiger partial charge in [0.2, 0.25) is 5.91 Å². The zero-order valence-corrected chi connectivity index (χ0v) is 14.8. The molecule has 7 heteroatoms. The Labute approximate surface area is 151 Å². The third-order valence-electron chi connectivity index (χ3n) is 5.58. The average Bonchev–Trinajstić information content (AvgIpc) is 2.63. The quantitative estimate of drug-likeness (QED) is 0.811. The maximum absolute atomic E-state index is 14.0. The van der Waals surface area contributed by atoms with Crippen molar-refractivity contribution in [3.63, 3.8) is 0 Å². The highest BCUT2D eigenvalue weighted by atomic mass is 19.2. The van der Waals surface area contributed by atoms with E-state index in [0.29, 0.717) is 32.5 Å². The zero-order valence-electron chi connectivity index (χ0n) is 14.8. The first-order valence-corrected chi connectivity index (χ1v) is 9.17. The van der Waals surface area contributed by atoms with Crippen molar-refractivity contribution in [1.29, 1.82) is 0 Å². The Morgan fingerprint density at radius 1 is 1.12 bits per heavy atom. The van der Waals surface area contributed by atoms with Crippen LogP contribution in [0.15, 0.2) is 12.1 Å². The van der Waals surface area contributed by atoms with Crippen LogP contribution in [0.2, 0.25) is 0 Å². The number of aliphatic hydroxyl groups is 1. The first-order chi connectivity index (χ1) is 12.4.